The van der Waals surface area contributed by atoms with Gasteiger partial charge < -0.3 is 0 Å². The number of sulfonamides is 1. The highest BCUT2D eigenvalue weighted by atomic mass is 35.5. The smallest absolute Gasteiger partial charge is 0.200 e. The Morgan fingerprint density at radius 3 is 2.09 bits per heavy atom. The molecule has 1 heterocycles. The van der Waals surface area contributed by atoms with Gasteiger partial charge in [0, 0.05) is 11.8 Å². The van der Waals surface area contributed by atoms with E-state index in [4.69, 9.17) is 11.8 Å². The second-order valence-corrected chi connectivity index (χ2v) is 7.78. The third kappa shape index (κ3) is 2.75. The van der Waals surface area contributed by atoms with E-state index in [0.717, 1.165) is 14.3 Å². The Morgan fingerprint density at radius 2 is 1.45 bits per heavy atom. The zero-order chi connectivity index (χ0) is 15.6. The van der Waals surface area contributed by atoms with Gasteiger partial charge in [0.2, 0.25) is 0 Å². The fraction of sp³-hybridized carbons (Fsp3) is 0. The summed E-state index contributed by atoms with van der Waals surface area (Å²) in [7, 11) is -3.79. The van der Waals surface area contributed by atoms with Gasteiger partial charge in [0.25, 0.3) is 10.0 Å². The summed E-state index contributed by atoms with van der Waals surface area (Å²) in [5, 5.41) is 1.83. The third-order valence-corrected chi connectivity index (χ3v) is 6.29. The molecule has 0 saturated heterocycles. The fourth-order valence-corrected chi connectivity index (χ4v) is 4.53. The molecule has 3 nitrogen and oxygen atoms in total. The molecule has 0 unspecified atom stereocenters. The Balaban J connectivity index is 2.04. The average molecular weight is 350 g/mol. The van der Waals surface area contributed by atoms with E-state index in [1.54, 1.807) is 24.3 Å². The molecule has 0 radical (unpaired) electrons. The molecule has 3 rings (SSSR count). The van der Waals surface area contributed by atoms with Gasteiger partial charge in [-0.25, -0.2) is 0 Å². The van der Waals surface area contributed by atoms with Crippen LogP contribution in [-0.4, -0.2) is 8.42 Å². The molecule has 0 bridgehead atoms. The normalized spacial score (nSPS) is 11.3. The van der Waals surface area contributed by atoms with Crippen LogP contribution in [0.3, 0.4) is 0 Å². The van der Waals surface area contributed by atoms with E-state index in [1.807, 2.05) is 35.7 Å². The first-order valence-corrected chi connectivity index (χ1v) is 9.15. The number of anilines is 1. The Bertz CT molecular complexity index is 861. The van der Waals surface area contributed by atoms with Crippen LogP contribution < -0.4 is 3.82 Å². The molecule has 0 aliphatic heterocycles. The van der Waals surface area contributed by atoms with Crippen molar-refractivity contribution in [1.82, 2.24) is 0 Å². The van der Waals surface area contributed by atoms with Crippen molar-refractivity contribution in [2.75, 3.05) is 3.82 Å². The molecule has 0 N–H and O–H groups in total. The minimum atomic E-state index is -3.79. The van der Waals surface area contributed by atoms with Crippen molar-refractivity contribution in [3.63, 3.8) is 0 Å². The first-order valence-electron chi connectivity index (χ1n) is 6.50. The lowest BCUT2D eigenvalue weighted by Gasteiger charge is -2.16. The lowest BCUT2D eigenvalue weighted by molar-refractivity contribution is 0.598. The van der Waals surface area contributed by atoms with Gasteiger partial charge >= 0.3 is 0 Å². The van der Waals surface area contributed by atoms with E-state index in [9.17, 15) is 8.42 Å². The number of rotatable bonds is 4. The molecule has 112 valence electrons. The van der Waals surface area contributed by atoms with Crippen molar-refractivity contribution in [3.8, 4) is 10.4 Å². The third-order valence-electron chi connectivity index (χ3n) is 3.12. The zero-order valence-electron chi connectivity index (χ0n) is 11.4. The molecule has 2 aromatic carbocycles. The molecule has 1 aromatic heterocycles. The monoisotopic (exact) mass is 349 g/mol. The summed E-state index contributed by atoms with van der Waals surface area (Å²) in [6, 6.07) is 19.4. The number of hydrogen-bond acceptors (Lipinski definition) is 3. The van der Waals surface area contributed by atoms with Crippen molar-refractivity contribution in [1.29, 1.82) is 0 Å². The minimum Gasteiger partial charge on any atom is -0.200 e. The van der Waals surface area contributed by atoms with Crippen molar-refractivity contribution >= 4 is 38.8 Å². The summed E-state index contributed by atoms with van der Waals surface area (Å²) >= 11 is 7.63. The Kier molecular flexibility index (Phi) is 4.20. The van der Waals surface area contributed by atoms with Crippen LogP contribution in [0, 0.1) is 0 Å². The van der Waals surface area contributed by atoms with Gasteiger partial charge in [-0.2, -0.15) is 12.2 Å². The molecule has 0 aliphatic carbocycles. The van der Waals surface area contributed by atoms with Crippen LogP contribution >= 0.6 is 23.1 Å². The van der Waals surface area contributed by atoms with E-state index in [-0.39, 0.29) is 4.90 Å². The maximum absolute atomic E-state index is 12.6. The van der Waals surface area contributed by atoms with Crippen LogP contribution in [-0.2, 0) is 10.0 Å². The highest BCUT2D eigenvalue weighted by molar-refractivity contribution is 7.94. The van der Waals surface area contributed by atoms with Crippen molar-refractivity contribution in [2.45, 2.75) is 4.90 Å². The first kappa shape index (κ1) is 15.1. The molecule has 0 atom stereocenters. The Labute approximate surface area is 138 Å². The molecule has 0 spiro atoms. The zero-order valence-corrected chi connectivity index (χ0v) is 13.8. The van der Waals surface area contributed by atoms with Crippen LogP contribution in [0.4, 0.5) is 5.69 Å². The van der Waals surface area contributed by atoms with Gasteiger partial charge in [0.1, 0.15) is 0 Å². The number of benzene rings is 2. The Hall–Kier alpha value is -1.82. The number of hydrogen-bond donors (Lipinski definition) is 0. The van der Waals surface area contributed by atoms with E-state index in [2.05, 4.69) is 0 Å². The van der Waals surface area contributed by atoms with Crippen LogP contribution in [0.5, 0.6) is 0 Å². The molecule has 3 aromatic rings. The minimum absolute atomic E-state index is 0.162. The second-order valence-electron chi connectivity index (χ2n) is 4.53. The predicted molar refractivity (Wildman–Crippen MR) is 91.7 cm³/mol. The van der Waals surface area contributed by atoms with Crippen molar-refractivity contribution in [3.05, 3.63) is 72.1 Å². The molecule has 0 fully saturated rings. The highest BCUT2D eigenvalue weighted by Crippen LogP contribution is 2.39. The van der Waals surface area contributed by atoms with Gasteiger partial charge in [-0.1, -0.05) is 48.5 Å². The molecule has 22 heavy (non-hydrogen) atoms. The average Bonchev–Trinajstić information content (AvgIpc) is 3.05. The van der Waals surface area contributed by atoms with Gasteiger partial charge in [-0.05, 0) is 29.1 Å². The van der Waals surface area contributed by atoms with Gasteiger partial charge in [-0.15, -0.1) is 11.3 Å². The Morgan fingerprint density at radius 1 is 0.864 bits per heavy atom. The standard InChI is InChI=1S/C16H12ClNO2S2/c17-18(22(19,20)14-9-5-2-6-10-14)15-11-12-21-16(15)13-7-3-1-4-8-13/h1-12H. The number of thiophene rings is 1. The van der Waals surface area contributed by atoms with Gasteiger partial charge in [0.05, 0.1) is 15.5 Å². The van der Waals surface area contributed by atoms with Gasteiger partial charge in [0.15, 0.2) is 0 Å². The summed E-state index contributed by atoms with van der Waals surface area (Å²) in [4.78, 5) is 0.977. The summed E-state index contributed by atoms with van der Waals surface area (Å²) in [6.45, 7) is 0. The van der Waals surface area contributed by atoms with Crippen molar-refractivity contribution < 1.29 is 8.42 Å². The van der Waals surface area contributed by atoms with E-state index < -0.39 is 10.0 Å². The molecule has 0 aliphatic rings. The van der Waals surface area contributed by atoms with Gasteiger partial charge in [-0.3, -0.25) is 0 Å². The van der Waals surface area contributed by atoms with Crippen LogP contribution in [0.25, 0.3) is 10.4 Å². The lowest BCUT2D eigenvalue weighted by Crippen LogP contribution is -2.21. The van der Waals surface area contributed by atoms with Crippen LogP contribution in [0.1, 0.15) is 0 Å². The number of nitrogens with zero attached hydrogens (tertiary/aromatic N) is 1. The molecular weight excluding hydrogens is 338 g/mol. The maximum atomic E-state index is 12.6. The summed E-state index contributed by atoms with van der Waals surface area (Å²) < 4.78 is 26.0. The molecule has 6 heteroatoms. The number of halogens is 1. The van der Waals surface area contributed by atoms with Crippen LogP contribution in [0.2, 0.25) is 0 Å². The topological polar surface area (TPSA) is 37.4 Å². The summed E-state index contributed by atoms with van der Waals surface area (Å²) in [5.41, 5.74) is 1.39. The molecule has 0 saturated carbocycles. The predicted octanol–water partition coefficient (Wildman–Crippen LogP) is 4.76. The largest absolute Gasteiger partial charge is 0.278 e. The van der Waals surface area contributed by atoms with E-state index in [1.165, 1.54) is 23.5 Å². The summed E-state index contributed by atoms with van der Waals surface area (Å²) in [6.07, 6.45) is 0. The van der Waals surface area contributed by atoms with E-state index in [0.29, 0.717) is 5.69 Å². The highest BCUT2D eigenvalue weighted by Gasteiger charge is 2.26. The van der Waals surface area contributed by atoms with E-state index >= 15 is 0 Å². The second kappa shape index (κ2) is 6.12. The summed E-state index contributed by atoms with van der Waals surface area (Å²) in [5.74, 6) is 0. The molecule has 0 amide bonds. The van der Waals surface area contributed by atoms with Crippen molar-refractivity contribution in [2.24, 2.45) is 0 Å². The fourth-order valence-electron chi connectivity index (χ4n) is 2.06. The van der Waals surface area contributed by atoms with Crippen LogP contribution in [0.15, 0.2) is 77.0 Å². The molecular formula is C16H12ClNO2S2. The SMILES string of the molecule is O=S(=O)(c1ccccc1)N(Cl)c1ccsc1-c1ccccc1. The first-order chi connectivity index (χ1) is 10.6. The lowest BCUT2D eigenvalue weighted by atomic mass is 10.2. The maximum Gasteiger partial charge on any atom is 0.278 e. The quantitative estimate of drug-likeness (QED) is 0.636.